The first-order chi connectivity index (χ1) is 26.3. The molecule has 5 heteroatoms. The molecule has 246 valence electrons. The van der Waals surface area contributed by atoms with Crippen LogP contribution in [0.15, 0.2) is 173 Å². The molecule has 0 fully saturated rings. The van der Waals surface area contributed by atoms with Crippen molar-refractivity contribution in [3.63, 3.8) is 0 Å². The lowest BCUT2D eigenvalue weighted by Crippen LogP contribution is -2.03. The van der Waals surface area contributed by atoms with Crippen molar-refractivity contribution in [1.29, 1.82) is 0 Å². The zero-order chi connectivity index (χ0) is 34.6. The van der Waals surface area contributed by atoms with Crippen LogP contribution in [0.5, 0.6) is 0 Å². The molecule has 0 amide bonds. The Hall–Kier alpha value is -7.24. The number of nitrogens with zero attached hydrogens (tertiary/aromatic N) is 3. The Morgan fingerprint density at radius 2 is 1.08 bits per heavy atom. The molecule has 12 rings (SSSR count). The topological polar surface area (TPSA) is 57.0 Å². The molecule has 4 aromatic heterocycles. The Balaban J connectivity index is 1.19. The fraction of sp³-hybridized carbons (Fsp3) is 0. The zero-order valence-corrected chi connectivity index (χ0v) is 28.2. The highest BCUT2D eigenvalue weighted by Gasteiger charge is 2.23. The maximum Gasteiger partial charge on any atom is 0.235 e. The minimum atomic E-state index is 0.598. The van der Waals surface area contributed by atoms with Crippen LogP contribution in [0.1, 0.15) is 0 Å². The summed E-state index contributed by atoms with van der Waals surface area (Å²) in [7, 11) is 0. The van der Waals surface area contributed by atoms with Gasteiger partial charge in [0, 0.05) is 48.7 Å². The fourth-order valence-electron chi connectivity index (χ4n) is 8.52. The lowest BCUT2D eigenvalue weighted by molar-refractivity contribution is 0.670. The summed E-state index contributed by atoms with van der Waals surface area (Å²) in [6, 6.07) is 57.0. The second-order valence-corrected chi connectivity index (χ2v) is 13.7. The van der Waals surface area contributed by atoms with Gasteiger partial charge in [-0.3, -0.25) is 4.57 Å². The van der Waals surface area contributed by atoms with E-state index in [0.717, 1.165) is 93.2 Å². The van der Waals surface area contributed by atoms with E-state index in [1.165, 1.54) is 16.5 Å². The highest BCUT2D eigenvalue weighted by molar-refractivity contribution is 6.30. The molecule has 0 radical (unpaired) electrons. The number of aromatic nitrogens is 3. The van der Waals surface area contributed by atoms with E-state index in [-0.39, 0.29) is 0 Å². The Labute approximate surface area is 302 Å². The normalized spacial score (nSPS) is 12.2. The van der Waals surface area contributed by atoms with Crippen LogP contribution in [-0.4, -0.2) is 14.5 Å². The molecule has 5 nitrogen and oxygen atoms in total. The summed E-state index contributed by atoms with van der Waals surface area (Å²) in [5.74, 6) is 0.598. The van der Waals surface area contributed by atoms with E-state index < -0.39 is 0 Å². The molecule has 0 bridgehead atoms. The second kappa shape index (κ2) is 10.6. The van der Waals surface area contributed by atoms with E-state index >= 15 is 0 Å². The Bertz CT molecular complexity index is 3460. The van der Waals surface area contributed by atoms with Crippen LogP contribution in [0.2, 0.25) is 0 Å². The van der Waals surface area contributed by atoms with Gasteiger partial charge in [0.15, 0.2) is 0 Å². The predicted octanol–water partition coefficient (Wildman–Crippen LogP) is 13.0. The van der Waals surface area contributed by atoms with Gasteiger partial charge in [0.2, 0.25) is 5.95 Å². The summed E-state index contributed by atoms with van der Waals surface area (Å²) in [5, 5.41) is 9.78. The molecular formula is C48H27N3O2. The van der Waals surface area contributed by atoms with Crippen LogP contribution < -0.4 is 0 Å². The summed E-state index contributed by atoms with van der Waals surface area (Å²) >= 11 is 0. The lowest BCUT2D eigenvalue weighted by atomic mass is 9.94. The monoisotopic (exact) mass is 677 g/mol. The summed E-state index contributed by atoms with van der Waals surface area (Å²) in [6.45, 7) is 0. The maximum absolute atomic E-state index is 6.78. The fourth-order valence-corrected chi connectivity index (χ4v) is 8.52. The van der Waals surface area contributed by atoms with Crippen molar-refractivity contribution in [1.82, 2.24) is 14.5 Å². The van der Waals surface area contributed by atoms with Gasteiger partial charge < -0.3 is 8.83 Å². The molecule has 0 N–H and O–H groups in total. The summed E-state index contributed by atoms with van der Waals surface area (Å²) in [4.78, 5) is 10.7. The molecule has 0 aliphatic carbocycles. The number of rotatable bonds is 3. The minimum absolute atomic E-state index is 0.598. The maximum atomic E-state index is 6.78. The molecule has 0 spiro atoms. The van der Waals surface area contributed by atoms with Gasteiger partial charge in [0.1, 0.15) is 22.3 Å². The molecule has 0 saturated carbocycles. The Morgan fingerprint density at radius 1 is 0.396 bits per heavy atom. The number of hydrogen-bond acceptors (Lipinski definition) is 4. The van der Waals surface area contributed by atoms with Crippen molar-refractivity contribution in [3.05, 3.63) is 164 Å². The SMILES string of the molecule is c1ccc(-c2cc3c(oc4ccc5c(c6ccccc6n5-c5nc(-c6cccc7c6oc6ccccc67)c6ccccc6n5)c43)c3ccccc23)cc1. The van der Waals surface area contributed by atoms with Crippen molar-refractivity contribution in [2.45, 2.75) is 0 Å². The molecule has 8 aromatic carbocycles. The zero-order valence-electron chi connectivity index (χ0n) is 28.2. The van der Waals surface area contributed by atoms with E-state index in [0.29, 0.717) is 5.95 Å². The minimum Gasteiger partial charge on any atom is -0.455 e. The molecule has 0 saturated heterocycles. The van der Waals surface area contributed by atoms with Crippen LogP contribution in [0, 0.1) is 0 Å². The third kappa shape index (κ3) is 3.96. The first-order valence-electron chi connectivity index (χ1n) is 17.8. The Morgan fingerprint density at radius 3 is 1.96 bits per heavy atom. The summed E-state index contributed by atoms with van der Waals surface area (Å²) in [6.07, 6.45) is 0. The molecule has 12 aromatic rings. The molecule has 0 unspecified atom stereocenters. The van der Waals surface area contributed by atoms with Crippen molar-refractivity contribution in [3.8, 4) is 28.3 Å². The van der Waals surface area contributed by atoms with Crippen molar-refractivity contribution in [2.24, 2.45) is 0 Å². The standard InChI is InChI=1S/C48H27N3O2/c1-2-13-28(14-3-1)36-27-37-44-42(53-47(37)31-17-5-4-15-29(31)36)26-25-40-43(44)34-19-7-10-23-39(34)51(40)48-49-38-22-9-6-18-33(38)45(50-48)35-21-12-20-32-30-16-8-11-24-41(30)52-46(32)35/h1-27H. The van der Waals surface area contributed by atoms with Gasteiger partial charge in [-0.15, -0.1) is 0 Å². The van der Waals surface area contributed by atoms with E-state index in [4.69, 9.17) is 18.8 Å². The van der Waals surface area contributed by atoms with Crippen molar-refractivity contribution >= 4 is 87.4 Å². The molecule has 4 heterocycles. The quantitative estimate of drug-likeness (QED) is 0.187. The van der Waals surface area contributed by atoms with Gasteiger partial charge in [0.25, 0.3) is 0 Å². The smallest absolute Gasteiger partial charge is 0.235 e. The van der Waals surface area contributed by atoms with E-state index in [1.54, 1.807) is 0 Å². The number of hydrogen-bond donors (Lipinski definition) is 0. The highest BCUT2D eigenvalue weighted by Crippen LogP contribution is 2.45. The van der Waals surface area contributed by atoms with E-state index in [2.05, 4.69) is 144 Å². The number of para-hydroxylation sites is 4. The third-order valence-corrected chi connectivity index (χ3v) is 10.8. The molecular weight excluding hydrogens is 651 g/mol. The number of benzene rings is 8. The van der Waals surface area contributed by atoms with Crippen LogP contribution in [-0.2, 0) is 0 Å². The predicted molar refractivity (Wildman–Crippen MR) is 217 cm³/mol. The first kappa shape index (κ1) is 28.5. The molecule has 53 heavy (non-hydrogen) atoms. The molecule has 0 aliphatic heterocycles. The molecule has 0 atom stereocenters. The first-order valence-corrected chi connectivity index (χ1v) is 17.8. The number of furan rings is 2. The highest BCUT2D eigenvalue weighted by atomic mass is 16.3. The number of fused-ring (bicyclic) bond motifs is 13. The molecule has 0 aliphatic rings. The van der Waals surface area contributed by atoms with Gasteiger partial charge in [-0.05, 0) is 59.0 Å². The van der Waals surface area contributed by atoms with E-state index in [1.807, 2.05) is 24.3 Å². The van der Waals surface area contributed by atoms with Gasteiger partial charge in [-0.2, -0.15) is 0 Å². The van der Waals surface area contributed by atoms with Crippen molar-refractivity contribution in [2.75, 3.05) is 0 Å². The average Bonchev–Trinajstić information content (AvgIpc) is 3.90. The summed E-state index contributed by atoms with van der Waals surface area (Å²) in [5.41, 5.74) is 10.4. The van der Waals surface area contributed by atoms with Crippen LogP contribution >= 0.6 is 0 Å². The van der Waals surface area contributed by atoms with Crippen molar-refractivity contribution < 1.29 is 8.83 Å². The van der Waals surface area contributed by atoms with Crippen LogP contribution in [0.4, 0.5) is 0 Å². The second-order valence-electron chi connectivity index (χ2n) is 13.7. The van der Waals surface area contributed by atoms with Gasteiger partial charge in [0.05, 0.1) is 22.2 Å². The van der Waals surface area contributed by atoms with Gasteiger partial charge in [-0.1, -0.05) is 121 Å². The lowest BCUT2D eigenvalue weighted by Gasteiger charge is -2.12. The van der Waals surface area contributed by atoms with E-state index in [9.17, 15) is 0 Å². The largest absolute Gasteiger partial charge is 0.455 e. The van der Waals surface area contributed by atoms with Gasteiger partial charge >= 0.3 is 0 Å². The van der Waals surface area contributed by atoms with Crippen LogP contribution in [0.3, 0.4) is 0 Å². The third-order valence-electron chi connectivity index (χ3n) is 10.8. The van der Waals surface area contributed by atoms with Crippen LogP contribution in [0.25, 0.3) is 116 Å². The average molecular weight is 678 g/mol. The Kier molecular flexibility index (Phi) is 5.71. The summed E-state index contributed by atoms with van der Waals surface area (Å²) < 4.78 is 15.5. The van der Waals surface area contributed by atoms with Gasteiger partial charge in [-0.25, -0.2) is 9.97 Å².